The van der Waals surface area contributed by atoms with Crippen molar-refractivity contribution in [2.45, 2.75) is 24.9 Å². The molecule has 88 valence electrons. The van der Waals surface area contributed by atoms with Gasteiger partial charge in [-0.1, -0.05) is 0 Å². The second-order valence-electron chi connectivity index (χ2n) is 3.27. The van der Waals surface area contributed by atoms with Gasteiger partial charge >= 0.3 is 5.97 Å². The minimum Gasteiger partial charge on any atom is -0.468 e. The van der Waals surface area contributed by atoms with Gasteiger partial charge in [-0.05, 0) is 12.8 Å². The van der Waals surface area contributed by atoms with Crippen LogP contribution >= 0.6 is 0 Å². The number of ether oxygens (including phenoxy) is 1. The van der Waals surface area contributed by atoms with Crippen molar-refractivity contribution in [3.8, 4) is 0 Å². The van der Waals surface area contributed by atoms with E-state index in [4.69, 9.17) is 5.11 Å². The fourth-order valence-corrected chi connectivity index (χ4v) is 2.23. The first-order valence-corrected chi connectivity index (χ1v) is 5.95. The molecule has 0 amide bonds. The number of aliphatic hydroxyl groups is 1. The molecular formula is C7H14N2O5S. The Morgan fingerprint density at radius 2 is 2.20 bits per heavy atom. The quantitative estimate of drug-likeness (QED) is 0.469. The smallest absolute Gasteiger partial charge is 0.326 e. The maximum atomic E-state index is 11.3. The molecule has 0 heterocycles. The van der Waals surface area contributed by atoms with E-state index in [1.165, 1.54) is 0 Å². The molecule has 1 aliphatic rings. The van der Waals surface area contributed by atoms with Crippen LogP contribution in [0.2, 0.25) is 0 Å². The molecular weight excluding hydrogens is 224 g/mol. The lowest BCUT2D eigenvalue weighted by atomic mass is 10.3. The van der Waals surface area contributed by atoms with Crippen LogP contribution in [0.4, 0.5) is 0 Å². The molecule has 1 atom stereocenters. The molecule has 8 heteroatoms. The standard InChI is InChI=1S/C7H14N2O5S/c1-14-7(11)6(4-10)9-15(12,13)8-5-2-3-5/h5-6,8-10H,2-4H2,1H3. The molecule has 15 heavy (non-hydrogen) atoms. The Kier molecular flexibility index (Phi) is 4.03. The van der Waals surface area contributed by atoms with E-state index in [0.717, 1.165) is 20.0 Å². The van der Waals surface area contributed by atoms with Crippen LogP contribution in [0.3, 0.4) is 0 Å². The van der Waals surface area contributed by atoms with E-state index in [1.54, 1.807) is 0 Å². The van der Waals surface area contributed by atoms with Crippen molar-refractivity contribution in [3.63, 3.8) is 0 Å². The van der Waals surface area contributed by atoms with Crippen LogP contribution < -0.4 is 9.44 Å². The van der Waals surface area contributed by atoms with Gasteiger partial charge in [-0.2, -0.15) is 17.9 Å². The Balaban J connectivity index is 2.52. The van der Waals surface area contributed by atoms with E-state index >= 15 is 0 Å². The summed E-state index contributed by atoms with van der Waals surface area (Å²) >= 11 is 0. The third-order valence-electron chi connectivity index (χ3n) is 1.86. The van der Waals surface area contributed by atoms with E-state index in [1.807, 2.05) is 4.72 Å². The number of hydrogen-bond acceptors (Lipinski definition) is 5. The average molecular weight is 238 g/mol. The summed E-state index contributed by atoms with van der Waals surface area (Å²) in [5.41, 5.74) is 0. The SMILES string of the molecule is COC(=O)C(CO)NS(=O)(=O)NC1CC1. The molecule has 0 aromatic rings. The van der Waals surface area contributed by atoms with Gasteiger partial charge in [0.15, 0.2) is 0 Å². The summed E-state index contributed by atoms with van der Waals surface area (Å²) in [4.78, 5) is 11.0. The predicted molar refractivity (Wildman–Crippen MR) is 51.1 cm³/mol. The molecule has 1 fully saturated rings. The van der Waals surface area contributed by atoms with E-state index in [-0.39, 0.29) is 6.04 Å². The number of aliphatic hydroxyl groups excluding tert-OH is 1. The first-order chi connectivity index (χ1) is 6.98. The number of hydrogen-bond donors (Lipinski definition) is 3. The normalized spacial score (nSPS) is 18.5. The van der Waals surface area contributed by atoms with Gasteiger partial charge < -0.3 is 9.84 Å². The van der Waals surface area contributed by atoms with Crippen molar-refractivity contribution < 1.29 is 23.1 Å². The van der Waals surface area contributed by atoms with Crippen molar-refractivity contribution in [3.05, 3.63) is 0 Å². The third kappa shape index (κ3) is 4.12. The molecule has 0 bridgehead atoms. The highest BCUT2D eigenvalue weighted by molar-refractivity contribution is 7.87. The Hall–Kier alpha value is -0.700. The summed E-state index contributed by atoms with van der Waals surface area (Å²) < 4.78 is 31.3. The minimum absolute atomic E-state index is 0.0560. The zero-order valence-electron chi connectivity index (χ0n) is 8.26. The summed E-state index contributed by atoms with van der Waals surface area (Å²) in [6, 6.07) is -1.31. The van der Waals surface area contributed by atoms with Crippen LogP contribution in [0, 0.1) is 0 Å². The van der Waals surface area contributed by atoms with Gasteiger partial charge in [0.05, 0.1) is 13.7 Å². The highest BCUT2D eigenvalue weighted by Crippen LogP contribution is 2.19. The highest BCUT2D eigenvalue weighted by atomic mass is 32.2. The van der Waals surface area contributed by atoms with E-state index in [2.05, 4.69) is 9.46 Å². The molecule has 0 aromatic carbocycles. The summed E-state index contributed by atoms with van der Waals surface area (Å²) in [6.07, 6.45) is 1.59. The van der Waals surface area contributed by atoms with Gasteiger partial charge in [-0.15, -0.1) is 0 Å². The van der Waals surface area contributed by atoms with Crippen LogP contribution in [0.1, 0.15) is 12.8 Å². The molecule has 0 saturated heterocycles. The molecule has 0 aliphatic heterocycles. The van der Waals surface area contributed by atoms with Gasteiger partial charge in [0.1, 0.15) is 6.04 Å². The summed E-state index contributed by atoms with van der Waals surface area (Å²) in [7, 11) is -2.63. The molecule has 1 saturated carbocycles. The predicted octanol–water partition coefficient (Wildman–Crippen LogP) is -1.89. The van der Waals surface area contributed by atoms with Crippen molar-refractivity contribution in [2.75, 3.05) is 13.7 Å². The lowest BCUT2D eigenvalue weighted by Crippen LogP contribution is -2.49. The fraction of sp³-hybridized carbons (Fsp3) is 0.857. The van der Waals surface area contributed by atoms with Crippen LogP contribution in [0.5, 0.6) is 0 Å². The fourth-order valence-electron chi connectivity index (χ4n) is 0.944. The van der Waals surface area contributed by atoms with Gasteiger partial charge in [0, 0.05) is 6.04 Å². The zero-order valence-corrected chi connectivity index (χ0v) is 9.08. The lowest BCUT2D eigenvalue weighted by Gasteiger charge is -2.14. The number of nitrogens with one attached hydrogen (secondary N) is 2. The van der Waals surface area contributed by atoms with Crippen molar-refractivity contribution in [1.29, 1.82) is 0 Å². The Morgan fingerprint density at radius 1 is 1.60 bits per heavy atom. The third-order valence-corrected chi connectivity index (χ3v) is 3.10. The number of methoxy groups -OCH3 is 1. The van der Waals surface area contributed by atoms with Gasteiger partial charge in [0.2, 0.25) is 0 Å². The molecule has 0 radical (unpaired) electrons. The molecule has 3 N–H and O–H groups in total. The van der Waals surface area contributed by atoms with Crippen LogP contribution in [0.25, 0.3) is 0 Å². The summed E-state index contributed by atoms with van der Waals surface area (Å²) in [5.74, 6) is -0.821. The number of carbonyl (C=O) groups excluding carboxylic acids is 1. The molecule has 0 aromatic heterocycles. The monoisotopic (exact) mass is 238 g/mol. The lowest BCUT2D eigenvalue weighted by molar-refractivity contribution is -0.143. The van der Waals surface area contributed by atoms with Crippen LogP contribution in [-0.4, -0.2) is 45.3 Å². The Bertz CT molecular complexity index is 324. The van der Waals surface area contributed by atoms with Gasteiger partial charge in [0.25, 0.3) is 10.2 Å². The Labute approximate surface area is 88.0 Å². The van der Waals surface area contributed by atoms with Crippen LogP contribution in [-0.2, 0) is 19.7 Å². The molecule has 7 nitrogen and oxygen atoms in total. The van der Waals surface area contributed by atoms with Crippen molar-refractivity contribution >= 4 is 16.2 Å². The van der Waals surface area contributed by atoms with Gasteiger partial charge in [-0.25, -0.2) is 0 Å². The van der Waals surface area contributed by atoms with Crippen molar-refractivity contribution in [2.24, 2.45) is 0 Å². The van der Waals surface area contributed by atoms with Crippen LogP contribution in [0.15, 0.2) is 0 Å². The van der Waals surface area contributed by atoms with E-state index in [9.17, 15) is 13.2 Å². The first-order valence-electron chi connectivity index (χ1n) is 4.47. The topological polar surface area (TPSA) is 105 Å². The minimum atomic E-state index is -3.75. The number of esters is 1. The van der Waals surface area contributed by atoms with Crippen molar-refractivity contribution in [1.82, 2.24) is 9.44 Å². The maximum absolute atomic E-state index is 11.3. The Morgan fingerprint density at radius 3 is 2.60 bits per heavy atom. The van der Waals surface area contributed by atoms with E-state index < -0.39 is 28.8 Å². The first kappa shape index (κ1) is 12.4. The average Bonchev–Trinajstić information content (AvgIpc) is 2.96. The molecule has 1 unspecified atom stereocenters. The highest BCUT2D eigenvalue weighted by Gasteiger charge is 2.30. The van der Waals surface area contributed by atoms with E-state index in [0.29, 0.717) is 0 Å². The molecule has 0 spiro atoms. The van der Waals surface area contributed by atoms with Gasteiger partial charge in [-0.3, -0.25) is 4.79 Å². The summed E-state index contributed by atoms with van der Waals surface area (Å²) in [5, 5.41) is 8.79. The molecule has 1 aliphatic carbocycles. The molecule has 1 rings (SSSR count). The maximum Gasteiger partial charge on any atom is 0.326 e. The number of rotatable bonds is 6. The second kappa shape index (κ2) is 4.88. The zero-order chi connectivity index (χ0) is 11.5. The second-order valence-corrected chi connectivity index (χ2v) is 4.75. The number of carbonyl (C=O) groups is 1. The largest absolute Gasteiger partial charge is 0.468 e. The summed E-state index contributed by atoms with van der Waals surface area (Å²) in [6.45, 7) is -0.641.